The quantitative estimate of drug-likeness (QED) is 0.330. The predicted molar refractivity (Wildman–Crippen MR) is 129 cm³/mol. The van der Waals surface area contributed by atoms with Gasteiger partial charge in [0.2, 0.25) is 5.91 Å². The molecule has 2 heterocycles. The van der Waals surface area contributed by atoms with Crippen LogP contribution < -0.4 is 10.6 Å². The molecular weight excluding hydrogens is 457 g/mol. The van der Waals surface area contributed by atoms with Crippen molar-refractivity contribution in [3.05, 3.63) is 65.7 Å². The Morgan fingerprint density at radius 1 is 1.12 bits per heavy atom. The fraction of sp³-hybridized carbons (Fsp3) is 0.333. The molecule has 4 rings (SSSR count). The van der Waals surface area contributed by atoms with Gasteiger partial charge >= 0.3 is 0 Å². The average molecular weight is 484 g/mol. The van der Waals surface area contributed by atoms with Crippen molar-refractivity contribution in [2.24, 2.45) is 0 Å². The van der Waals surface area contributed by atoms with Crippen LogP contribution in [0, 0.1) is 5.82 Å². The van der Waals surface area contributed by atoms with Gasteiger partial charge in [-0.05, 0) is 68.3 Å². The number of halogens is 1. The van der Waals surface area contributed by atoms with Gasteiger partial charge in [-0.3, -0.25) is 9.59 Å². The maximum absolute atomic E-state index is 13.2. The van der Waals surface area contributed by atoms with E-state index in [0.717, 1.165) is 25.1 Å². The Kier molecular flexibility index (Phi) is 7.91. The highest BCUT2D eigenvalue weighted by Gasteiger charge is 2.21. The Balaban J connectivity index is 1.39. The van der Waals surface area contributed by atoms with Gasteiger partial charge in [0.05, 0.1) is 24.9 Å². The second-order valence-electron chi connectivity index (χ2n) is 7.98. The molecule has 34 heavy (non-hydrogen) atoms. The molecule has 0 radical (unpaired) electrons. The summed E-state index contributed by atoms with van der Waals surface area (Å²) in [4.78, 5) is 23.9. The number of benzene rings is 2. The molecule has 10 heteroatoms. The highest BCUT2D eigenvalue weighted by atomic mass is 32.2. The van der Waals surface area contributed by atoms with E-state index < -0.39 is 0 Å². The van der Waals surface area contributed by atoms with Crippen LogP contribution in [-0.2, 0) is 22.6 Å². The smallest absolute Gasteiger partial charge is 0.234 e. The lowest BCUT2D eigenvalue weighted by atomic mass is 10.1. The predicted octanol–water partition coefficient (Wildman–Crippen LogP) is 4.14. The van der Waals surface area contributed by atoms with Crippen LogP contribution in [-0.4, -0.2) is 44.9 Å². The number of ketones is 1. The second kappa shape index (κ2) is 11.3. The van der Waals surface area contributed by atoms with E-state index in [2.05, 4.69) is 20.8 Å². The highest BCUT2D eigenvalue weighted by Crippen LogP contribution is 2.22. The van der Waals surface area contributed by atoms with Gasteiger partial charge in [0.1, 0.15) is 5.82 Å². The Morgan fingerprint density at radius 2 is 1.85 bits per heavy atom. The minimum absolute atomic E-state index is 0.0243. The zero-order valence-electron chi connectivity index (χ0n) is 18.8. The number of hydrogen-bond acceptors (Lipinski definition) is 7. The average Bonchev–Trinajstić information content (AvgIpc) is 3.48. The van der Waals surface area contributed by atoms with E-state index >= 15 is 0 Å². The molecular formula is C24H26FN5O3S. The lowest BCUT2D eigenvalue weighted by molar-refractivity contribution is -0.113. The molecule has 1 aromatic heterocycles. The van der Waals surface area contributed by atoms with Crippen LogP contribution in [0.3, 0.4) is 0 Å². The molecule has 0 unspecified atom stereocenters. The molecule has 1 fully saturated rings. The van der Waals surface area contributed by atoms with E-state index in [9.17, 15) is 14.0 Å². The summed E-state index contributed by atoms with van der Waals surface area (Å²) < 4.78 is 20.9. The third kappa shape index (κ3) is 6.42. The summed E-state index contributed by atoms with van der Waals surface area (Å²) >= 11 is 1.30. The molecule has 0 saturated carbocycles. The molecule has 0 aliphatic carbocycles. The van der Waals surface area contributed by atoms with E-state index in [4.69, 9.17) is 4.74 Å². The molecule has 8 nitrogen and oxygen atoms in total. The minimum atomic E-state index is -0.293. The molecule has 1 amide bonds. The number of amides is 1. The van der Waals surface area contributed by atoms with Crippen molar-refractivity contribution in [2.45, 2.75) is 44.1 Å². The molecule has 1 aliphatic rings. The molecule has 178 valence electrons. The number of anilines is 2. The van der Waals surface area contributed by atoms with Gasteiger partial charge in [-0.2, -0.15) is 0 Å². The van der Waals surface area contributed by atoms with Crippen LogP contribution in [0.25, 0.3) is 0 Å². The fourth-order valence-electron chi connectivity index (χ4n) is 3.60. The van der Waals surface area contributed by atoms with Gasteiger partial charge in [-0.15, -0.1) is 10.2 Å². The number of ether oxygens (including phenoxy) is 1. The van der Waals surface area contributed by atoms with Crippen LogP contribution in [0.4, 0.5) is 15.8 Å². The van der Waals surface area contributed by atoms with Crippen LogP contribution >= 0.6 is 11.8 Å². The molecule has 3 aromatic rings. The molecule has 0 bridgehead atoms. The Morgan fingerprint density at radius 3 is 2.53 bits per heavy atom. The van der Waals surface area contributed by atoms with Crippen molar-refractivity contribution in [1.29, 1.82) is 0 Å². The second-order valence-corrected chi connectivity index (χ2v) is 8.92. The maximum atomic E-state index is 13.2. The van der Waals surface area contributed by atoms with E-state index in [1.165, 1.54) is 30.8 Å². The van der Waals surface area contributed by atoms with Crippen molar-refractivity contribution in [3.8, 4) is 0 Å². The van der Waals surface area contributed by atoms with Crippen molar-refractivity contribution < 1.29 is 18.7 Å². The van der Waals surface area contributed by atoms with Crippen LogP contribution in [0.2, 0.25) is 0 Å². The Hall–Kier alpha value is -3.24. The highest BCUT2D eigenvalue weighted by molar-refractivity contribution is 7.99. The molecule has 1 aliphatic heterocycles. The number of carbonyl (C=O) groups excluding carboxylic acids is 2. The number of Topliss-reactive ketones (excluding diaryl/α,β-unsaturated/α-hetero) is 1. The van der Waals surface area contributed by atoms with Gasteiger partial charge in [-0.25, -0.2) is 4.39 Å². The van der Waals surface area contributed by atoms with Gasteiger partial charge in [0.25, 0.3) is 0 Å². The van der Waals surface area contributed by atoms with Crippen molar-refractivity contribution in [1.82, 2.24) is 14.8 Å². The zero-order valence-corrected chi connectivity index (χ0v) is 19.6. The van der Waals surface area contributed by atoms with Crippen LogP contribution in [0.1, 0.15) is 35.9 Å². The Labute approximate surface area is 201 Å². The molecule has 1 saturated heterocycles. The SMILES string of the molecule is CC(=O)c1ccc(NC(=O)CSc2nnc(CNc3ccc(F)cc3)n2C[C@H]2CCCO2)cc1. The van der Waals surface area contributed by atoms with E-state index in [1.54, 1.807) is 36.4 Å². The number of nitrogens with one attached hydrogen (secondary N) is 2. The lowest BCUT2D eigenvalue weighted by Crippen LogP contribution is -2.20. The van der Waals surface area contributed by atoms with E-state index in [-0.39, 0.29) is 29.4 Å². The van der Waals surface area contributed by atoms with Crippen molar-refractivity contribution in [2.75, 3.05) is 23.0 Å². The van der Waals surface area contributed by atoms with Gasteiger partial charge in [0.15, 0.2) is 16.8 Å². The van der Waals surface area contributed by atoms with Gasteiger partial charge in [0, 0.05) is 23.5 Å². The first-order valence-corrected chi connectivity index (χ1v) is 12.0. The number of thioether (sulfide) groups is 1. The number of aromatic nitrogens is 3. The van der Waals surface area contributed by atoms with Crippen molar-refractivity contribution >= 4 is 34.8 Å². The fourth-order valence-corrected chi connectivity index (χ4v) is 4.36. The van der Waals surface area contributed by atoms with Crippen LogP contribution in [0.15, 0.2) is 53.7 Å². The van der Waals surface area contributed by atoms with Crippen molar-refractivity contribution in [3.63, 3.8) is 0 Å². The first kappa shape index (κ1) is 23.9. The minimum Gasteiger partial charge on any atom is -0.378 e. The van der Waals surface area contributed by atoms with Gasteiger partial charge < -0.3 is 19.9 Å². The number of carbonyl (C=O) groups is 2. The molecule has 0 spiro atoms. The molecule has 1 atom stereocenters. The molecule has 2 aromatic carbocycles. The summed E-state index contributed by atoms with van der Waals surface area (Å²) in [6, 6.07) is 12.9. The zero-order chi connectivity index (χ0) is 23.9. The summed E-state index contributed by atoms with van der Waals surface area (Å²) in [5.74, 6) is 0.368. The number of nitrogens with zero attached hydrogens (tertiary/aromatic N) is 3. The van der Waals surface area contributed by atoms with E-state index in [0.29, 0.717) is 35.3 Å². The molecule has 2 N–H and O–H groups in total. The van der Waals surface area contributed by atoms with Crippen LogP contribution in [0.5, 0.6) is 0 Å². The standard InChI is InChI=1S/C24H26FN5O3S/c1-16(31)17-4-8-20(9-5-17)27-23(32)15-34-24-29-28-22(30(24)14-21-3-2-12-33-21)13-26-19-10-6-18(25)7-11-19/h4-11,21,26H,2-3,12-15H2,1H3,(H,27,32)/t21-/m1/s1. The summed E-state index contributed by atoms with van der Waals surface area (Å²) in [6.07, 6.45) is 2.06. The lowest BCUT2D eigenvalue weighted by Gasteiger charge is -2.15. The van der Waals surface area contributed by atoms with E-state index in [1.807, 2.05) is 4.57 Å². The summed E-state index contributed by atoms with van der Waals surface area (Å²) in [6.45, 7) is 3.24. The topological polar surface area (TPSA) is 98.1 Å². The monoisotopic (exact) mass is 483 g/mol. The largest absolute Gasteiger partial charge is 0.378 e. The number of rotatable bonds is 10. The van der Waals surface area contributed by atoms with Gasteiger partial charge in [-0.1, -0.05) is 11.8 Å². The Bertz CT molecular complexity index is 1130. The normalized spacial score (nSPS) is 15.3. The first-order valence-electron chi connectivity index (χ1n) is 11.0. The first-order chi connectivity index (χ1) is 16.5. The third-order valence-electron chi connectivity index (χ3n) is 5.41. The summed E-state index contributed by atoms with van der Waals surface area (Å²) in [7, 11) is 0. The summed E-state index contributed by atoms with van der Waals surface area (Å²) in [5.41, 5.74) is 1.99. The maximum Gasteiger partial charge on any atom is 0.234 e. The third-order valence-corrected chi connectivity index (χ3v) is 6.37. The summed E-state index contributed by atoms with van der Waals surface area (Å²) in [5, 5.41) is 15.3. The number of hydrogen-bond donors (Lipinski definition) is 2.